The van der Waals surface area contributed by atoms with Crippen LogP contribution in [0.15, 0.2) is 12.3 Å². The molecule has 1 aliphatic rings. The average molecular weight is 241 g/mol. The number of carbonyl (C=O) groups is 1. The molecule has 0 unspecified atom stereocenters. The zero-order chi connectivity index (χ0) is 11.5. The Morgan fingerprint density at radius 3 is 2.94 bits per heavy atom. The fraction of sp³-hybridized carbons (Fsp3) is 0.500. The van der Waals surface area contributed by atoms with E-state index in [1.165, 1.54) is 0 Å². The topological polar surface area (TPSA) is 49.3 Å². The summed E-state index contributed by atoms with van der Waals surface area (Å²) in [5.41, 5.74) is 0. The number of nitrogens with zero attached hydrogens (tertiary/aromatic N) is 4. The number of anilines is 1. The van der Waals surface area contributed by atoms with Gasteiger partial charge in [0.25, 0.3) is 0 Å². The van der Waals surface area contributed by atoms with Gasteiger partial charge < -0.3 is 0 Å². The van der Waals surface area contributed by atoms with Crippen LogP contribution in [0.2, 0.25) is 5.15 Å². The zero-order valence-electron chi connectivity index (χ0n) is 9.06. The van der Waals surface area contributed by atoms with E-state index in [-0.39, 0.29) is 5.91 Å². The van der Waals surface area contributed by atoms with E-state index < -0.39 is 0 Å². The first-order valence-corrected chi connectivity index (χ1v) is 5.59. The van der Waals surface area contributed by atoms with Crippen molar-refractivity contribution in [3.8, 4) is 0 Å². The Balaban J connectivity index is 2.14. The molecule has 1 fully saturated rings. The van der Waals surface area contributed by atoms with Crippen molar-refractivity contribution in [2.24, 2.45) is 0 Å². The first kappa shape index (κ1) is 11.3. The van der Waals surface area contributed by atoms with Crippen LogP contribution in [-0.4, -0.2) is 47.0 Å². The third-order valence-electron chi connectivity index (χ3n) is 2.60. The van der Waals surface area contributed by atoms with Gasteiger partial charge in [0, 0.05) is 19.3 Å². The van der Waals surface area contributed by atoms with Gasteiger partial charge in [-0.05, 0) is 12.6 Å². The largest absolute Gasteiger partial charge is 0.293 e. The van der Waals surface area contributed by atoms with Crippen LogP contribution >= 0.6 is 11.6 Å². The lowest BCUT2D eigenvalue weighted by Crippen LogP contribution is -2.50. The minimum absolute atomic E-state index is 0.0235. The molecule has 1 aromatic heterocycles. The SMILES string of the molecule is CCN1CCN(c2nccc(Cl)n2)C(=O)C1. The number of likely N-dealkylation sites (N-methyl/N-ethyl adjacent to an activating group) is 1. The van der Waals surface area contributed by atoms with Gasteiger partial charge >= 0.3 is 0 Å². The summed E-state index contributed by atoms with van der Waals surface area (Å²) in [5.74, 6) is 0.420. The maximum absolute atomic E-state index is 11.8. The Kier molecular flexibility index (Phi) is 3.36. The zero-order valence-corrected chi connectivity index (χ0v) is 9.81. The molecule has 0 aromatic carbocycles. The van der Waals surface area contributed by atoms with Crippen molar-refractivity contribution in [1.29, 1.82) is 0 Å². The van der Waals surface area contributed by atoms with E-state index in [2.05, 4.69) is 14.9 Å². The molecule has 2 rings (SSSR count). The van der Waals surface area contributed by atoms with Crippen LogP contribution in [0.5, 0.6) is 0 Å². The Hall–Kier alpha value is -1.20. The lowest BCUT2D eigenvalue weighted by molar-refractivity contribution is -0.121. The first-order valence-electron chi connectivity index (χ1n) is 5.22. The molecule has 0 spiro atoms. The molecule has 0 aliphatic carbocycles. The summed E-state index contributed by atoms with van der Waals surface area (Å²) in [7, 11) is 0. The molecule has 0 saturated carbocycles. The van der Waals surface area contributed by atoms with E-state index in [9.17, 15) is 4.79 Å². The number of hydrogen-bond acceptors (Lipinski definition) is 4. The minimum Gasteiger partial charge on any atom is -0.293 e. The molecule has 1 aromatic rings. The smallest absolute Gasteiger partial charge is 0.243 e. The molecule has 86 valence electrons. The molecular formula is C10H13ClN4O. The van der Waals surface area contributed by atoms with Gasteiger partial charge in [0.15, 0.2) is 0 Å². The first-order chi connectivity index (χ1) is 7.70. The highest BCUT2D eigenvalue weighted by atomic mass is 35.5. The van der Waals surface area contributed by atoms with Crippen LogP contribution in [0, 0.1) is 0 Å². The highest BCUT2D eigenvalue weighted by Gasteiger charge is 2.25. The lowest BCUT2D eigenvalue weighted by Gasteiger charge is -2.32. The maximum atomic E-state index is 11.8. The highest BCUT2D eigenvalue weighted by Crippen LogP contribution is 2.14. The van der Waals surface area contributed by atoms with Crippen molar-refractivity contribution >= 4 is 23.5 Å². The average Bonchev–Trinajstić information content (AvgIpc) is 2.28. The number of piperazine rings is 1. The maximum Gasteiger partial charge on any atom is 0.243 e. The molecule has 1 aliphatic heterocycles. The molecule has 0 radical (unpaired) electrons. The van der Waals surface area contributed by atoms with E-state index in [4.69, 9.17) is 11.6 Å². The Labute approximate surface area is 99.0 Å². The Morgan fingerprint density at radius 1 is 1.50 bits per heavy atom. The molecule has 16 heavy (non-hydrogen) atoms. The van der Waals surface area contributed by atoms with Crippen LogP contribution in [0.4, 0.5) is 5.95 Å². The summed E-state index contributed by atoms with van der Waals surface area (Å²) in [5, 5.41) is 0.357. The second-order valence-corrected chi connectivity index (χ2v) is 3.98. The summed E-state index contributed by atoms with van der Waals surface area (Å²) >= 11 is 5.77. The third-order valence-corrected chi connectivity index (χ3v) is 2.81. The van der Waals surface area contributed by atoms with Crippen LogP contribution in [0.25, 0.3) is 0 Å². The van der Waals surface area contributed by atoms with E-state index in [1.807, 2.05) is 6.92 Å². The molecule has 2 heterocycles. The normalized spacial score (nSPS) is 17.9. The van der Waals surface area contributed by atoms with E-state index in [0.29, 0.717) is 24.2 Å². The Bertz CT molecular complexity index is 398. The van der Waals surface area contributed by atoms with Gasteiger partial charge in [0.2, 0.25) is 11.9 Å². The summed E-state index contributed by atoms with van der Waals surface area (Å²) in [6.07, 6.45) is 1.56. The van der Waals surface area contributed by atoms with Gasteiger partial charge in [0.05, 0.1) is 6.54 Å². The Morgan fingerprint density at radius 2 is 2.31 bits per heavy atom. The van der Waals surface area contributed by atoms with Gasteiger partial charge in [0.1, 0.15) is 5.15 Å². The van der Waals surface area contributed by atoms with Gasteiger partial charge in [-0.3, -0.25) is 14.6 Å². The van der Waals surface area contributed by atoms with Crippen molar-refractivity contribution in [2.75, 3.05) is 31.1 Å². The number of aromatic nitrogens is 2. The molecule has 1 amide bonds. The quantitative estimate of drug-likeness (QED) is 0.718. The standard InChI is InChI=1S/C10H13ClN4O/c1-2-14-5-6-15(9(16)7-14)10-12-4-3-8(11)13-10/h3-4H,2,5-7H2,1H3. The second-order valence-electron chi connectivity index (χ2n) is 3.59. The third kappa shape index (κ3) is 2.31. The monoisotopic (exact) mass is 240 g/mol. The predicted molar refractivity (Wildman–Crippen MR) is 61.5 cm³/mol. The molecular weight excluding hydrogens is 228 g/mol. The summed E-state index contributed by atoms with van der Waals surface area (Å²) in [6.45, 7) is 4.81. The van der Waals surface area contributed by atoms with Gasteiger partial charge in [-0.15, -0.1) is 0 Å². The van der Waals surface area contributed by atoms with Gasteiger partial charge in [-0.1, -0.05) is 18.5 Å². The molecule has 0 atom stereocenters. The number of halogens is 1. The van der Waals surface area contributed by atoms with Crippen LogP contribution < -0.4 is 4.90 Å². The molecule has 1 saturated heterocycles. The van der Waals surface area contributed by atoms with E-state index >= 15 is 0 Å². The van der Waals surface area contributed by atoms with Crippen LogP contribution in [-0.2, 0) is 4.79 Å². The number of rotatable bonds is 2. The molecule has 6 heteroatoms. The lowest BCUT2D eigenvalue weighted by atomic mass is 10.3. The molecule has 5 nitrogen and oxygen atoms in total. The molecule has 0 N–H and O–H groups in total. The summed E-state index contributed by atoms with van der Waals surface area (Å²) in [6, 6.07) is 1.60. The van der Waals surface area contributed by atoms with Crippen LogP contribution in [0.1, 0.15) is 6.92 Å². The number of amides is 1. The van der Waals surface area contributed by atoms with Crippen molar-refractivity contribution < 1.29 is 4.79 Å². The van der Waals surface area contributed by atoms with Crippen molar-refractivity contribution in [3.05, 3.63) is 17.4 Å². The second kappa shape index (κ2) is 4.76. The number of carbonyl (C=O) groups excluding carboxylic acids is 1. The van der Waals surface area contributed by atoms with E-state index in [1.54, 1.807) is 17.2 Å². The van der Waals surface area contributed by atoms with E-state index in [0.717, 1.165) is 13.1 Å². The van der Waals surface area contributed by atoms with Crippen molar-refractivity contribution in [3.63, 3.8) is 0 Å². The summed E-state index contributed by atoms with van der Waals surface area (Å²) in [4.78, 5) is 23.6. The fourth-order valence-corrected chi connectivity index (χ4v) is 1.79. The van der Waals surface area contributed by atoms with Crippen LogP contribution in [0.3, 0.4) is 0 Å². The van der Waals surface area contributed by atoms with Gasteiger partial charge in [-0.2, -0.15) is 0 Å². The van der Waals surface area contributed by atoms with Crippen molar-refractivity contribution in [2.45, 2.75) is 6.92 Å². The summed E-state index contributed by atoms with van der Waals surface area (Å²) < 4.78 is 0. The predicted octanol–water partition coefficient (Wildman–Crippen LogP) is 0.798. The highest BCUT2D eigenvalue weighted by molar-refractivity contribution is 6.29. The van der Waals surface area contributed by atoms with Gasteiger partial charge in [-0.25, -0.2) is 9.97 Å². The molecule has 0 bridgehead atoms. The number of hydrogen-bond donors (Lipinski definition) is 0. The minimum atomic E-state index is 0.0235. The van der Waals surface area contributed by atoms with Crippen molar-refractivity contribution in [1.82, 2.24) is 14.9 Å². The fourth-order valence-electron chi connectivity index (χ4n) is 1.66.